The van der Waals surface area contributed by atoms with Crippen LogP contribution in [0.25, 0.3) is 22.5 Å². The Hall–Kier alpha value is -3.19. The molecule has 2 heterocycles. The Morgan fingerprint density at radius 2 is 1.87 bits per heavy atom. The van der Waals surface area contributed by atoms with Crippen LogP contribution in [0.1, 0.15) is 18.4 Å². The van der Waals surface area contributed by atoms with Gasteiger partial charge in [-0.05, 0) is 37.1 Å². The molecule has 0 N–H and O–H groups in total. The molecule has 0 saturated heterocycles. The van der Waals surface area contributed by atoms with Crippen LogP contribution in [0.5, 0.6) is 0 Å². The number of furan rings is 1. The lowest BCUT2D eigenvalue weighted by Gasteiger charge is -2.22. The molecule has 0 aliphatic heterocycles. The van der Waals surface area contributed by atoms with Crippen molar-refractivity contribution in [1.82, 2.24) is 14.9 Å². The van der Waals surface area contributed by atoms with Crippen molar-refractivity contribution in [2.24, 2.45) is 0 Å². The van der Waals surface area contributed by atoms with E-state index in [2.05, 4.69) is 9.97 Å². The number of carbonyl (C=O) groups is 1. The highest BCUT2D eigenvalue weighted by atomic mass is 32.2. The highest BCUT2D eigenvalue weighted by Crippen LogP contribution is 2.32. The highest BCUT2D eigenvalue weighted by Gasteiger charge is 2.33. The lowest BCUT2D eigenvalue weighted by atomic mass is 10.2. The molecule has 1 amide bonds. The molecule has 2 aromatic carbocycles. The van der Waals surface area contributed by atoms with Crippen molar-refractivity contribution in [3.63, 3.8) is 0 Å². The maximum Gasteiger partial charge on any atom is 0.233 e. The second-order valence-corrected chi connectivity index (χ2v) is 8.44. The number of thioether (sulfide) groups is 1. The number of rotatable bonds is 7. The minimum absolute atomic E-state index is 0.0157. The summed E-state index contributed by atoms with van der Waals surface area (Å²) in [6, 6.07) is 18.1. The predicted octanol–water partition coefficient (Wildman–Crippen LogP) is 5.31. The first-order chi connectivity index (χ1) is 15.2. The second-order valence-electron chi connectivity index (χ2n) is 7.48. The summed E-state index contributed by atoms with van der Waals surface area (Å²) in [6.45, 7) is 0.291. The Kier molecular flexibility index (Phi) is 5.42. The van der Waals surface area contributed by atoms with E-state index in [9.17, 15) is 9.18 Å². The number of benzene rings is 2. The molecule has 31 heavy (non-hydrogen) atoms. The van der Waals surface area contributed by atoms with Gasteiger partial charge in [-0.25, -0.2) is 14.4 Å². The quantitative estimate of drug-likeness (QED) is 0.292. The van der Waals surface area contributed by atoms with Crippen molar-refractivity contribution >= 4 is 28.6 Å². The Bertz CT molecular complexity index is 1220. The average Bonchev–Trinajstić information content (AvgIpc) is 3.48. The third-order valence-electron chi connectivity index (χ3n) is 5.25. The molecular weight excluding hydrogens is 413 g/mol. The fourth-order valence-corrected chi connectivity index (χ4v) is 4.41. The fourth-order valence-electron chi connectivity index (χ4n) is 3.50. The zero-order valence-corrected chi connectivity index (χ0v) is 17.5. The Morgan fingerprint density at radius 3 is 2.65 bits per heavy atom. The van der Waals surface area contributed by atoms with E-state index < -0.39 is 0 Å². The van der Waals surface area contributed by atoms with E-state index in [1.54, 1.807) is 35.4 Å². The number of halogens is 1. The first-order valence-electron chi connectivity index (χ1n) is 10.2. The van der Waals surface area contributed by atoms with E-state index in [1.165, 1.54) is 17.8 Å². The van der Waals surface area contributed by atoms with Crippen LogP contribution in [0.15, 0.2) is 76.4 Å². The normalized spacial score (nSPS) is 13.5. The summed E-state index contributed by atoms with van der Waals surface area (Å²) in [5, 5.41) is 1.62. The molecule has 7 heteroatoms. The number of hydrogen-bond donors (Lipinski definition) is 0. The Morgan fingerprint density at radius 1 is 1.06 bits per heavy atom. The second kappa shape index (κ2) is 8.51. The van der Waals surface area contributed by atoms with Crippen molar-refractivity contribution in [2.45, 2.75) is 30.5 Å². The Balaban J connectivity index is 1.38. The molecule has 0 radical (unpaired) electrons. The van der Waals surface area contributed by atoms with Crippen molar-refractivity contribution in [1.29, 1.82) is 0 Å². The van der Waals surface area contributed by atoms with E-state index in [1.807, 2.05) is 30.3 Å². The SMILES string of the molecule is O=C(CSc1nc(-c2ccco2)nc2ccccc12)N(Cc1ccccc1F)C1CC1. The number of carbonyl (C=O) groups excluding carboxylic acids is 1. The largest absolute Gasteiger partial charge is 0.461 e. The first-order valence-corrected chi connectivity index (χ1v) is 11.1. The molecule has 1 saturated carbocycles. The van der Waals surface area contributed by atoms with Crippen LogP contribution in [0.2, 0.25) is 0 Å². The summed E-state index contributed by atoms with van der Waals surface area (Å²) < 4.78 is 19.6. The van der Waals surface area contributed by atoms with Gasteiger partial charge in [0.1, 0.15) is 10.8 Å². The fraction of sp³-hybridized carbons (Fsp3) is 0.208. The lowest BCUT2D eigenvalue weighted by Crippen LogP contribution is -2.34. The van der Waals surface area contributed by atoms with Gasteiger partial charge in [0.25, 0.3) is 0 Å². The molecular formula is C24H20FN3O2S. The molecule has 0 atom stereocenters. The number of fused-ring (bicyclic) bond motifs is 1. The van der Waals surface area contributed by atoms with Crippen LogP contribution in [-0.2, 0) is 11.3 Å². The maximum atomic E-state index is 14.1. The zero-order chi connectivity index (χ0) is 21.2. The van der Waals surface area contributed by atoms with E-state index in [-0.39, 0.29) is 23.5 Å². The molecule has 1 aliphatic rings. The van der Waals surface area contributed by atoms with Crippen LogP contribution < -0.4 is 0 Å². The molecule has 5 nitrogen and oxygen atoms in total. The number of para-hydroxylation sites is 1. The van der Waals surface area contributed by atoms with Crippen molar-refractivity contribution < 1.29 is 13.6 Å². The number of nitrogens with zero attached hydrogens (tertiary/aromatic N) is 3. The molecule has 5 rings (SSSR count). The minimum Gasteiger partial charge on any atom is -0.461 e. The average molecular weight is 434 g/mol. The topological polar surface area (TPSA) is 59.2 Å². The van der Waals surface area contributed by atoms with E-state index >= 15 is 0 Å². The lowest BCUT2D eigenvalue weighted by molar-refractivity contribution is -0.129. The molecule has 0 spiro atoms. The smallest absolute Gasteiger partial charge is 0.233 e. The van der Waals surface area contributed by atoms with E-state index in [4.69, 9.17) is 4.42 Å². The van der Waals surface area contributed by atoms with Crippen molar-refractivity contribution in [3.05, 3.63) is 78.3 Å². The van der Waals surface area contributed by atoms with Gasteiger partial charge in [-0.1, -0.05) is 48.2 Å². The minimum atomic E-state index is -0.279. The summed E-state index contributed by atoms with van der Waals surface area (Å²) in [7, 11) is 0. The van der Waals surface area contributed by atoms with Gasteiger partial charge in [0.2, 0.25) is 5.91 Å². The van der Waals surface area contributed by atoms with Gasteiger partial charge >= 0.3 is 0 Å². The van der Waals surface area contributed by atoms with Crippen LogP contribution in [0.3, 0.4) is 0 Å². The maximum absolute atomic E-state index is 14.1. The third kappa shape index (κ3) is 4.32. The summed E-state index contributed by atoms with van der Waals surface area (Å²) >= 11 is 1.38. The molecule has 0 bridgehead atoms. The van der Waals surface area contributed by atoms with Gasteiger partial charge in [-0.3, -0.25) is 4.79 Å². The first kappa shape index (κ1) is 19.8. The molecule has 2 aromatic heterocycles. The van der Waals surface area contributed by atoms with Crippen molar-refractivity contribution in [3.8, 4) is 11.6 Å². The van der Waals surface area contributed by atoms with Crippen molar-refractivity contribution in [2.75, 3.05) is 5.75 Å². The molecule has 0 unspecified atom stereocenters. The van der Waals surface area contributed by atoms with Crippen LogP contribution >= 0.6 is 11.8 Å². The molecule has 1 aliphatic carbocycles. The summed E-state index contributed by atoms with van der Waals surface area (Å²) in [4.78, 5) is 24.1. The predicted molar refractivity (Wildman–Crippen MR) is 118 cm³/mol. The molecule has 156 valence electrons. The molecule has 4 aromatic rings. The van der Waals surface area contributed by atoms with E-state index in [0.29, 0.717) is 23.7 Å². The van der Waals surface area contributed by atoms with Gasteiger partial charge in [0.05, 0.1) is 17.5 Å². The summed E-state index contributed by atoms with van der Waals surface area (Å²) in [6.07, 6.45) is 3.51. The third-order valence-corrected chi connectivity index (χ3v) is 6.22. The van der Waals surface area contributed by atoms with Crippen LogP contribution in [-0.4, -0.2) is 32.6 Å². The Labute approximate surface area is 183 Å². The van der Waals surface area contributed by atoms with Gasteiger partial charge in [-0.15, -0.1) is 0 Å². The van der Waals surface area contributed by atoms with Gasteiger partial charge in [0, 0.05) is 23.5 Å². The zero-order valence-electron chi connectivity index (χ0n) is 16.7. The molecule has 1 fully saturated rings. The summed E-state index contributed by atoms with van der Waals surface area (Å²) in [5.41, 5.74) is 1.34. The number of hydrogen-bond acceptors (Lipinski definition) is 5. The van der Waals surface area contributed by atoms with Crippen LogP contribution in [0.4, 0.5) is 4.39 Å². The monoisotopic (exact) mass is 433 g/mol. The highest BCUT2D eigenvalue weighted by molar-refractivity contribution is 8.00. The number of aromatic nitrogens is 2. The van der Waals surface area contributed by atoms with Crippen LogP contribution in [0, 0.1) is 5.82 Å². The van der Waals surface area contributed by atoms with Gasteiger partial charge < -0.3 is 9.32 Å². The number of amides is 1. The van der Waals surface area contributed by atoms with Gasteiger partial charge in [0.15, 0.2) is 11.6 Å². The summed E-state index contributed by atoms with van der Waals surface area (Å²) in [5.74, 6) is 1.00. The standard InChI is InChI=1S/C24H20FN3O2S/c25-19-8-3-1-6-16(19)14-28(17-11-12-17)22(29)15-31-24-18-7-2-4-9-20(18)26-23(27-24)21-10-5-13-30-21/h1-10,13,17H,11-12,14-15H2. The van der Waals surface area contributed by atoms with E-state index in [0.717, 1.165) is 28.8 Å². The van der Waals surface area contributed by atoms with Gasteiger partial charge in [-0.2, -0.15) is 0 Å².